The lowest BCUT2D eigenvalue weighted by Crippen LogP contribution is -2.42. The van der Waals surface area contributed by atoms with E-state index in [1.807, 2.05) is 6.92 Å². The molecule has 0 unspecified atom stereocenters. The smallest absolute Gasteiger partial charge is 0.243 e. The number of hydrogen-bond donors (Lipinski definition) is 1. The molecule has 0 radical (unpaired) electrons. The van der Waals surface area contributed by atoms with Crippen LogP contribution >= 0.6 is 0 Å². The van der Waals surface area contributed by atoms with E-state index in [1.54, 1.807) is 36.4 Å². The maximum absolute atomic E-state index is 13.0. The van der Waals surface area contributed by atoms with Crippen LogP contribution < -0.4 is 10.1 Å². The van der Waals surface area contributed by atoms with Crippen LogP contribution in [0.4, 0.5) is 0 Å². The van der Waals surface area contributed by atoms with E-state index in [1.165, 1.54) is 20.7 Å². The predicted molar refractivity (Wildman–Crippen MR) is 137 cm³/mol. The number of amides is 1. The Labute approximate surface area is 218 Å². The van der Waals surface area contributed by atoms with Gasteiger partial charge >= 0.3 is 0 Å². The second kappa shape index (κ2) is 11.9. The van der Waals surface area contributed by atoms with Crippen LogP contribution in [0.25, 0.3) is 0 Å². The number of nitrogens with one attached hydrogen (secondary N) is 1. The van der Waals surface area contributed by atoms with Gasteiger partial charge in [-0.3, -0.25) is 4.79 Å². The van der Waals surface area contributed by atoms with Gasteiger partial charge in [0.1, 0.15) is 5.75 Å². The number of sulfonamides is 2. The highest BCUT2D eigenvalue weighted by atomic mass is 32.2. The lowest BCUT2D eigenvalue weighted by Gasteiger charge is -2.30. The SMILES string of the molecule is CCOc1ccc(S(=O)(=O)N2CCC(C(=O)NCc3ccc(S(=O)(=O)N4CCOCC4)cc3)CC2)cc1. The maximum Gasteiger partial charge on any atom is 0.243 e. The van der Waals surface area contributed by atoms with E-state index < -0.39 is 20.0 Å². The summed E-state index contributed by atoms with van der Waals surface area (Å²) in [6.07, 6.45) is 0.859. The van der Waals surface area contributed by atoms with Crippen molar-refractivity contribution < 1.29 is 31.1 Å². The van der Waals surface area contributed by atoms with Crippen LogP contribution in [-0.4, -0.2) is 77.4 Å². The van der Waals surface area contributed by atoms with Crippen molar-refractivity contribution in [3.63, 3.8) is 0 Å². The number of morpholine rings is 1. The number of benzene rings is 2. The van der Waals surface area contributed by atoms with Gasteiger partial charge in [-0.1, -0.05) is 12.1 Å². The van der Waals surface area contributed by atoms with Crippen LogP contribution in [0.15, 0.2) is 58.3 Å². The highest BCUT2D eigenvalue weighted by Crippen LogP contribution is 2.25. The minimum absolute atomic E-state index is 0.136. The molecule has 202 valence electrons. The Morgan fingerprint density at radius 3 is 1.92 bits per heavy atom. The predicted octanol–water partition coefficient (Wildman–Crippen LogP) is 1.82. The zero-order valence-corrected chi connectivity index (χ0v) is 22.5. The third-order valence-corrected chi connectivity index (χ3v) is 10.4. The molecule has 0 saturated carbocycles. The van der Waals surface area contributed by atoms with Crippen LogP contribution in [0.5, 0.6) is 5.75 Å². The third-order valence-electron chi connectivity index (χ3n) is 6.60. The number of carbonyl (C=O) groups is 1. The van der Waals surface area contributed by atoms with Gasteiger partial charge in [0, 0.05) is 38.6 Å². The van der Waals surface area contributed by atoms with Crippen molar-refractivity contribution >= 4 is 26.0 Å². The summed E-state index contributed by atoms with van der Waals surface area (Å²) in [5, 5.41) is 2.90. The van der Waals surface area contributed by atoms with Gasteiger partial charge in [-0.05, 0) is 61.7 Å². The molecule has 1 N–H and O–H groups in total. The molecule has 0 spiro atoms. The fraction of sp³-hybridized carbons (Fsp3) is 0.480. The molecular weight excluding hydrogens is 518 g/mol. The lowest BCUT2D eigenvalue weighted by atomic mass is 9.97. The first kappa shape index (κ1) is 27.5. The van der Waals surface area contributed by atoms with E-state index in [-0.39, 0.29) is 41.3 Å². The summed E-state index contributed by atoms with van der Waals surface area (Å²) in [7, 11) is -7.20. The first-order valence-corrected chi connectivity index (χ1v) is 15.3. The first-order valence-electron chi connectivity index (χ1n) is 12.4. The fourth-order valence-electron chi connectivity index (χ4n) is 4.43. The first-order chi connectivity index (χ1) is 17.7. The molecule has 2 aliphatic heterocycles. The third kappa shape index (κ3) is 6.50. The van der Waals surface area contributed by atoms with E-state index in [0.717, 1.165) is 5.56 Å². The molecular formula is C25H33N3O7S2. The fourth-order valence-corrected chi connectivity index (χ4v) is 7.31. The van der Waals surface area contributed by atoms with E-state index in [2.05, 4.69) is 5.32 Å². The van der Waals surface area contributed by atoms with Crippen LogP contribution in [0.1, 0.15) is 25.3 Å². The Kier molecular flexibility index (Phi) is 8.86. The van der Waals surface area contributed by atoms with Crippen LogP contribution in [0.3, 0.4) is 0 Å². The number of hydrogen-bond acceptors (Lipinski definition) is 7. The van der Waals surface area contributed by atoms with Gasteiger partial charge in [0.2, 0.25) is 26.0 Å². The molecule has 0 aromatic heterocycles. The van der Waals surface area contributed by atoms with Gasteiger partial charge in [-0.15, -0.1) is 0 Å². The van der Waals surface area contributed by atoms with E-state index >= 15 is 0 Å². The van der Waals surface area contributed by atoms with Gasteiger partial charge in [0.15, 0.2) is 0 Å². The minimum atomic E-state index is -3.64. The zero-order valence-electron chi connectivity index (χ0n) is 20.8. The lowest BCUT2D eigenvalue weighted by molar-refractivity contribution is -0.126. The molecule has 2 heterocycles. The van der Waals surface area contributed by atoms with Gasteiger partial charge in [0.05, 0.1) is 29.6 Å². The number of ether oxygens (including phenoxy) is 2. The Morgan fingerprint density at radius 1 is 0.865 bits per heavy atom. The van der Waals surface area contributed by atoms with Crippen molar-refractivity contribution in [2.24, 2.45) is 5.92 Å². The zero-order chi connectivity index (χ0) is 26.5. The second-order valence-corrected chi connectivity index (χ2v) is 12.8. The van der Waals surface area contributed by atoms with Crippen LogP contribution in [0, 0.1) is 5.92 Å². The summed E-state index contributed by atoms with van der Waals surface area (Å²) in [6.45, 7) is 4.60. The molecule has 0 aliphatic carbocycles. The Morgan fingerprint density at radius 2 is 1.38 bits per heavy atom. The highest BCUT2D eigenvalue weighted by molar-refractivity contribution is 7.89. The molecule has 0 atom stereocenters. The topological polar surface area (TPSA) is 122 Å². The summed E-state index contributed by atoms with van der Waals surface area (Å²) in [5.74, 6) is 0.195. The maximum atomic E-state index is 13.0. The molecule has 2 aromatic carbocycles. The van der Waals surface area contributed by atoms with Gasteiger partial charge in [0.25, 0.3) is 0 Å². The minimum Gasteiger partial charge on any atom is -0.494 e. The molecule has 2 aliphatic rings. The van der Waals surface area contributed by atoms with Gasteiger partial charge in [-0.25, -0.2) is 16.8 Å². The summed E-state index contributed by atoms with van der Waals surface area (Å²) >= 11 is 0. The van der Waals surface area contributed by atoms with Crippen molar-refractivity contribution in [1.82, 2.24) is 13.9 Å². The molecule has 12 heteroatoms. The average Bonchev–Trinajstić information content (AvgIpc) is 2.93. The molecule has 0 bridgehead atoms. The largest absolute Gasteiger partial charge is 0.494 e. The monoisotopic (exact) mass is 551 g/mol. The molecule has 10 nitrogen and oxygen atoms in total. The van der Waals surface area contributed by atoms with E-state index in [9.17, 15) is 21.6 Å². The van der Waals surface area contributed by atoms with E-state index in [4.69, 9.17) is 9.47 Å². The van der Waals surface area contributed by atoms with Crippen LogP contribution in [0.2, 0.25) is 0 Å². The molecule has 1 amide bonds. The molecule has 2 fully saturated rings. The molecule has 2 saturated heterocycles. The Hall–Kier alpha value is -2.51. The molecule has 37 heavy (non-hydrogen) atoms. The number of carbonyl (C=O) groups excluding carboxylic acids is 1. The Balaban J connectivity index is 1.27. The quantitative estimate of drug-likeness (QED) is 0.505. The van der Waals surface area contributed by atoms with Crippen molar-refractivity contribution in [3.05, 3.63) is 54.1 Å². The van der Waals surface area contributed by atoms with Crippen molar-refractivity contribution in [3.8, 4) is 5.75 Å². The van der Waals surface area contributed by atoms with Gasteiger partial charge < -0.3 is 14.8 Å². The summed E-state index contributed by atoms with van der Waals surface area (Å²) in [5.41, 5.74) is 0.782. The highest BCUT2D eigenvalue weighted by Gasteiger charge is 2.32. The summed E-state index contributed by atoms with van der Waals surface area (Å²) in [6, 6.07) is 12.8. The number of rotatable bonds is 9. The Bertz CT molecular complexity index is 1270. The van der Waals surface area contributed by atoms with Crippen molar-refractivity contribution in [1.29, 1.82) is 0 Å². The summed E-state index contributed by atoms with van der Waals surface area (Å²) in [4.78, 5) is 13.1. The average molecular weight is 552 g/mol. The molecule has 4 rings (SSSR count). The second-order valence-electron chi connectivity index (χ2n) is 8.96. The van der Waals surface area contributed by atoms with Crippen LogP contribution in [-0.2, 0) is 36.1 Å². The standard InChI is InChI=1S/C25H33N3O7S2/c1-2-35-22-5-9-24(10-6-22)36(30,31)27-13-11-21(12-14-27)25(29)26-19-20-3-7-23(8-4-20)37(32,33)28-15-17-34-18-16-28/h3-10,21H,2,11-19H2,1H3,(H,26,29). The van der Waals surface area contributed by atoms with E-state index in [0.29, 0.717) is 51.5 Å². The normalized spacial score (nSPS) is 18.4. The van der Waals surface area contributed by atoms with Crippen molar-refractivity contribution in [2.45, 2.75) is 36.1 Å². The van der Waals surface area contributed by atoms with Crippen molar-refractivity contribution in [2.75, 3.05) is 46.0 Å². The molecule has 2 aromatic rings. The number of nitrogens with zero attached hydrogens (tertiary/aromatic N) is 2. The summed E-state index contributed by atoms with van der Waals surface area (Å²) < 4.78 is 64.9. The number of piperidine rings is 1. The van der Waals surface area contributed by atoms with Gasteiger partial charge in [-0.2, -0.15) is 8.61 Å².